The van der Waals surface area contributed by atoms with Crippen LogP contribution in [0.25, 0.3) is 0 Å². The molecule has 0 aliphatic rings. The summed E-state index contributed by atoms with van der Waals surface area (Å²) in [5, 5.41) is 1.25. The second kappa shape index (κ2) is 5.58. The second-order valence-corrected chi connectivity index (χ2v) is 5.32. The van der Waals surface area contributed by atoms with Gasteiger partial charge in [0.2, 0.25) is 0 Å². The van der Waals surface area contributed by atoms with Crippen molar-refractivity contribution in [1.29, 1.82) is 0 Å². The van der Waals surface area contributed by atoms with Gasteiger partial charge >= 0.3 is 0 Å². The average molecular weight is 283 g/mol. The third kappa shape index (κ3) is 3.25. The lowest BCUT2D eigenvalue weighted by atomic mass is 10.2. The zero-order valence-electron chi connectivity index (χ0n) is 8.69. The molecule has 0 amide bonds. The van der Waals surface area contributed by atoms with Crippen LogP contribution in [-0.2, 0) is 0 Å². The lowest BCUT2D eigenvalue weighted by molar-refractivity contribution is 0.112. The Morgan fingerprint density at radius 2 is 1.71 bits per heavy atom. The van der Waals surface area contributed by atoms with E-state index in [-0.39, 0.29) is 0 Å². The van der Waals surface area contributed by atoms with Crippen LogP contribution in [-0.4, -0.2) is 6.29 Å². The molecule has 0 aliphatic heterocycles. The normalized spacial score (nSPS) is 10.2. The molecule has 0 heterocycles. The van der Waals surface area contributed by atoms with Crippen LogP contribution in [0.15, 0.2) is 52.3 Å². The van der Waals surface area contributed by atoms with Crippen molar-refractivity contribution in [2.45, 2.75) is 9.79 Å². The molecule has 0 fully saturated rings. The quantitative estimate of drug-likeness (QED) is 0.741. The van der Waals surface area contributed by atoms with Gasteiger partial charge in [-0.05, 0) is 30.3 Å². The molecule has 0 saturated carbocycles. The van der Waals surface area contributed by atoms with Gasteiger partial charge in [0.05, 0.1) is 5.02 Å². The van der Waals surface area contributed by atoms with Gasteiger partial charge in [0.1, 0.15) is 6.29 Å². The van der Waals surface area contributed by atoms with E-state index in [0.29, 0.717) is 15.6 Å². The highest BCUT2D eigenvalue weighted by Gasteiger charge is 2.03. The first kappa shape index (κ1) is 12.5. The Morgan fingerprint density at radius 3 is 2.29 bits per heavy atom. The van der Waals surface area contributed by atoms with Crippen molar-refractivity contribution < 1.29 is 4.79 Å². The van der Waals surface area contributed by atoms with Gasteiger partial charge in [-0.2, -0.15) is 0 Å². The van der Waals surface area contributed by atoms with Gasteiger partial charge in [0.15, 0.2) is 0 Å². The molecular formula is C13H8Cl2OS. The van der Waals surface area contributed by atoms with Crippen molar-refractivity contribution in [3.63, 3.8) is 0 Å². The van der Waals surface area contributed by atoms with Crippen LogP contribution in [0.1, 0.15) is 10.4 Å². The van der Waals surface area contributed by atoms with Gasteiger partial charge in [-0.3, -0.25) is 4.79 Å². The van der Waals surface area contributed by atoms with E-state index in [1.54, 1.807) is 24.3 Å². The first-order valence-electron chi connectivity index (χ1n) is 4.87. The van der Waals surface area contributed by atoms with Crippen LogP contribution in [0.3, 0.4) is 0 Å². The van der Waals surface area contributed by atoms with Crippen molar-refractivity contribution in [2.24, 2.45) is 0 Å². The summed E-state index contributed by atoms with van der Waals surface area (Å²) in [6.07, 6.45) is 0.823. The third-order valence-corrected chi connectivity index (χ3v) is 3.88. The Labute approximate surface area is 114 Å². The van der Waals surface area contributed by atoms with Crippen molar-refractivity contribution in [3.8, 4) is 0 Å². The molecule has 1 nitrogen and oxygen atoms in total. The Balaban J connectivity index is 2.22. The average Bonchev–Trinajstić information content (AvgIpc) is 2.34. The zero-order chi connectivity index (χ0) is 12.3. The summed E-state index contributed by atoms with van der Waals surface area (Å²) in [5.41, 5.74) is 0.663. The number of aldehydes is 1. The van der Waals surface area contributed by atoms with Crippen LogP contribution < -0.4 is 0 Å². The summed E-state index contributed by atoms with van der Waals surface area (Å²) in [5.74, 6) is 0. The number of halogens is 2. The monoisotopic (exact) mass is 282 g/mol. The molecule has 4 heteroatoms. The number of carbonyl (C=O) groups excluding carboxylic acids is 1. The molecule has 0 N–H and O–H groups in total. The summed E-state index contributed by atoms with van der Waals surface area (Å²) in [6.45, 7) is 0. The molecule has 0 aliphatic carbocycles. The highest BCUT2D eigenvalue weighted by atomic mass is 35.5. The maximum atomic E-state index is 10.5. The van der Waals surface area contributed by atoms with E-state index in [1.807, 2.05) is 18.2 Å². The first-order valence-corrected chi connectivity index (χ1v) is 6.44. The summed E-state index contributed by atoms with van der Waals surface area (Å²) >= 11 is 13.4. The molecule has 0 spiro atoms. The minimum absolute atomic E-state index is 0.621. The number of benzene rings is 2. The molecule has 0 saturated heterocycles. The molecule has 86 valence electrons. The van der Waals surface area contributed by atoms with E-state index in [9.17, 15) is 4.79 Å². The van der Waals surface area contributed by atoms with Crippen molar-refractivity contribution in [1.82, 2.24) is 0 Å². The predicted octanol–water partition coefficient (Wildman–Crippen LogP) is 4.96. The summed E-state index contributed by atoms with van der Waals surface area (Å²) in [6, 6.07) is 12.7. The summed E-state index contributed by atoms with van der Waals surface area (Å²) < 4.78 is 0. The maximum Gasteiger partial charge on any atom is 0.150 e. The summed E-state index contributed by atoms with van der Waals surface area (Å²) in [4.78, 5) is 12.5. The topological polar surface area (TPSA) is 17.1 Å². The molecular weight excluding hydrogens is 275 g/mol. The largest absolute Gasteiger partial charge is 0.298 e. The fourth-order valence-corrected chi connectivity index (χ4v) is 2.64. The zero-order valence-corrected chi connectivity index (χ0v) is 11.0. The highest BCUT2D eigenvalue weighted by molar-refractivity contribution is 7.99. The summed E-state index contributed by atoms with van der Waals surface area (Å²) in [7, 11) is 0. The van der Waals surface area contributed by atoms with Crippen LogP contribution in [0.4, 0.5) is 0 Å². The maximum absolute atomic E-state index is 10.5. The van der Waals surface area contributed by atoms with Crippen LogP contribution >= 0.6 is 35.0 Å². The minimum atomic E-state index is 0.621. The highest BCUT2D eigenvalue weighted by Crippen LogP contribution is 2.34. The molecule has 2 aromatic rings. The van der Waals surface area contributed by atoms with Gasteiger partial charge in [-0.1, -0.05) is 47.1 Å². The molecule has 2 rings (SSSR count). The lowest BCUT2D eigenvalue weighted by Gasteiger charge is -2.04. The SMILES string of the molecule is O=Cc1ccc(Sc2ccc(Cl)cc2Cl)cc1. The predicted molar refractivity (Wildman–Crippen MR) is 72.4 cm³/mol. The lowest BCUT2D eigenvalue weighted by Crippen LogP contribution is -1.79. The molecule has 0 atom stereocenters. The van der Waals surface area contributed by atoms with E-state index in [2.05, 4.69) is 0 Å². The Hall–Kier alpha value is -0.960. The molecule has 0 aromatic heterocycles. The van der Waals surface area contributed by atoms with Crippen molar-refractivity contribution in [3.05, 3.63) is 58.1 Å². The Bertz CT molecular complexity index is 538. The fourth-order valence-electron chi connectivity index (χ4n) is 1.30. The van der Waals surface area contributed by atoms with Gasteiger partial charge in [-0.15, -0.1) is 0 Å². The van der Waals surface area contributed by atoms with Crippen molar-refractivity contribution >= 4 is 41.2 Å². The Morgan fingerprint density at radius 1 is 1.00 bits per heavy atom. The third-order valence-electron chi connectivity index (χ3n) is 2.14. The van der Waals surface area contributed by atoms with Gasteiger partial charge in [-0.25, -0.2) is 0 Å². The van der Waals surface area contributed by atoms with Crippen LogP contribution in [0, 0.1) is 0 Å². The minimum Gasteiger partial charge on any atom is -0.298 e. The van der Waals surface area contributed by atoms with Crippen molar-refractivity contribution in [2.75, 3.05) is 0 Å². The molecule has 0 bridgehead atoms. The van der Waals surface area contributed by atoms with Gasteiger partial charge < -0.3 is 0 Å². The van der Waals surface area contributed by atoms with E-state index in [0.717, 1.165) is 16.1 Å². The second-order valence-electron chi connectivity index (χ2n) is 3.36. The van der Waals surface area contributed by atoms with Crippen LogP contribution in [0.5, 0.6) is 0 Å². The molecule has 0 unspecified atom stereocenters. The molecule has 2 aromatic carbocycles. The van der Waals surface area contributed by atoms with Gasteiger partial charge in [0.25, 0.3) is 0 Å². The van der Waals surface area contributed by atoms with E-state index < -0.39 is 0 Å². The molecule has 17 heavy (non-hydrogen) atoms. The van der Waals surface area contributed by atoms with E-state index in [4.69, 9.17) is 23.2 Å². The standard InChI is InChI=1S/C13H8Cl2OS/c14-10-3-6-13(12(15)7-10)17-11-4-1-9(8-16)2-5-11/h1-8H. The van der Waals surface area contributed by atoms with Crippen LogP contribution in [0.2, 0.25) is 10.0 Å². The number of rotatable bonds is 3. The number of hydrogen-bond acceptors (Lipinski definition) is 2. The fraction of sp³-hybridized carbons (Fsp3) is 0. The smallest absolute Gasteiger partial charge is 0.150 e. The van der Waals surface area contributed by atoms with Gasteiger partial charge in [0, 0.05) is 20.4 Å². The molecule has 0 radical (unpaired) electrons. The Kier molecular flexibility index (Phi) is 4.11. The number of hydrogen-bond donors (Lipinski definition) is 0. The van der Waals surface area contributed by atoms with E-state index >= 15 is 0 Å². The van der Waals surface area contributed by atoms with E-state index in [1.165, 1.54) is 11.8 Å². The first-order chi connectivity index (χ1) is 8.19. The number of carbonyl (C=O) groups is 1.